The van der Waals surface area contributed by atoms with Crippen LogP contribution in [0, 0.1) is 0 Å². The fraction of sp³-hybridized carbons (Fsp3) is 0. The Labute approximate surface area is 83.0 Å². The monoisotopic (exact) mass is 206 g/mol. The van der Waals surface area contributed by atoms with Gasteiger partial charge in [-0.05, 0) is 12.1 Å². The summed E-state index contributed by atoms with van der Waals surface area (Å²) in [6.07, 6.45) is 2.58. The fourth-order valence-electron chi connectivity index (χ4n) is 1.09. The number of nitrogens with zero attached hydrogens (tertiary/aromatic N) is 3. The summed E-state index contributed by atoms with van der Waals surface area (Å²) in [5.41, 5.74) is -0.0195. The van der Waals surface area contributed by atoms with Gasteiger partial charge in [0.25, 0.3) is 0 Å². The van der Waals surface area contributed by atoms with Crippen molar-refractivity contribution >= 4 is 5.97 Å². The van der Waals surface area contributed by atoms with E-state index in [4.69, 9.17) is 5.11 Å². The van der Waals surface area contributed by atoms with Crippen LogP contribution < -0.4 is 5.69 Å². The molecule has 0 fully saturated rings. The number of hydrogen-bond donors (Lipinski definition) is 2. The lowest BCUT2D eigenvalue weighted by molar-refractivity contribution is 0.0690. The van der Waals surface area contributed by atoms with Crippen molar-refractivity contribution in [3.05, 3.63) is 40.8 Å². The van der Waals surface area contributed by atoms with Crippen molar-refractivity contribution in [1.82, 2.24) is 19.7 Å². The number of aromatic carboxylic acids is 1. The SMILES string of the molecule is O=C(O)c1ccc(-n2cn[nH]c2=O)cn1. The minimum Gasteiger partial charge on any atom is -0.477 e. The summed E-state index contributed by atoms with van der Waals surface area (Å²) in [7, 11) is 0. The van der Waals surface area contributed by atoms with Crippen LogP contribution in [0.15, 0.2) is 29.5 Å². The van der Waals surface area contributed by atoms with Crippen molar-refractivity contribution < 1.29 is 9.90 Å². The molecular formula is C8H6N4O3. The van der Waals surface area contributed by atoms with Crippen LogP contribution in [0.3, 0.4) is 0 Å². The van der Waals surface area contributed by atoms with Crippen LogP contribution in [0.4, 0.5) is 0 Å². The molecule has 15 heavy (non-hydrogen) atoms. The summed E-state index contributed by atoms with van der Waals surface area (Å²) >= 11 is 0. The normalized spacial score (nSPS) is 10.1. The molecule has 0 aliphatic rings. The van der Waals surface area contributed by atoms with E-state index in [1.165, 1.54) is 29.2 Å². The highest BCUT2D eigenvalue weighted by Crippen LogP contribution is 2.03. The Kier molecular flexibility index (Phi) is 2.05. The van der Waals surface area contributed by atoms with Crippen LogP contribution in [-0.4, -0.2) is 30.8 Å². The number of H-pyrrole nitrogens is 1. The van der Waals surface area contributed by atoms with E-state index in [0.717, 1.165) is 0 Å². The van der Waals surface area contributed by atoms with Crippen LogP contribution >= 0.6 is 0 Å². The number of pyridine rings is 1. The van der Waals surface area contributed by atoms with Crippen molar-refractivity contribution in [2.24, 2.45) is 0 Å². The highest BCUT2D eigenvalue weighted by Gasteiger charge is 2.05. The van der Waals surface area contributed by atoms with Crippen LogP contribution in [0.5, 0.6) is 0 Å². The molecule has 0 radical (unpaired) electrons. The minimum atomic E-state index is -1.11. The van der Waals surface area contributed by atoms with Crippen molar-refractivity contribution in [3.8, 4) is 5.69 Å². The van der Waals surface area contributed by atoms with Gasteiger partial charge in [0.2, 0.25) is 0 Å². The highest BCUT2D eigenvalue weighted by molar-refractivity contribution is 5.85. The van der Waals surface area contributed by atoms with E-state index in [-0.39, 0.29) is 5.69 Å². The van der Waals surface area contributed by atoms with Gasteiger partial charge in [-0.2, -0.15) is 5.10 Å². The van der Waals surface area contributed by atoms with Gasteiger partial charge in [-0.1, -0.05) is 0 Å². The Bertz CT molecular complexity index is 540. The lowest BCUT2D eigenvalue weighted by atomic mass is 10.3. The zero-order valence-electron chi connectivity index (χ0n) is 7.41. The average Bonchev–Trinajstić information content (AvgIpc) is 2.65. The predicted octanol–water partition coefficient (Wildman–Crippen LogP) is -0.346. The second-order valence-corrected chi connectivity index (χ2v) is 2.74. The molecule has 0 aromatic carbocycles. The number of carboxylic acids is 1. The smallest absolute Gasteiger partial charge is 0.354 e. The van der Waals surface area contributed by atoms with Gasteiger partial charge < -0.3 is 5.11 Å². The van der Waals surface area contributed by atoms with E-state index in [1.807, 2.05) is 0 Å². The summed E-state index contributed by atoms with van der Waals surface area (Å²) in [5, 5.41) is 14.4. The Morgan fingerprint density at radius 2 is 2.27 bits per heavy atom. The van der Waals surface area contributed by atoms with Crippen LogP contribution in [0.25, 0.3) is 5.69 Å². The van der Waals surface area contributed by atoms with Gasteiger partial charge in [0.05, 0.1) is 11.9 Å². The molecule has 0 aliphatic heterocycles. The van der Waals surface area contributed by atoms with Crippen molar-refractivity contribution in [2.75, 3.05) is 0 Å². The molecule has 0 bridgehead atoms. The zero-order valence-corrected chi connectivity index (χ0v) is 7.41. The Morgan fingerprint density at radius 1 is 1.47 bits per heavy atom. The number of hydrogen-bond acceptors (Lipinski definition) is 4. The average molecular weight is 206 g/mol. The Balaban J connectivity index is 2.44. The number of carbonyl (C=O) groups is 1. The van der Waals surface area contributed by atoms with Crippen molar-refractivity contribution in [3.63, 3.8) is 0 Å². The largest absolute Gasteiger partial charge is 0.477 e. The zero-order chi connectivity index (χ0) is 10.8. The quantitative estimate of drug-likeness (QED) is 0.699. The second kappa shape index (κ2) is 3.37. The van der Waals surface area contributed by atoms with E-state index in [9.17, 15) is 9.59 Å². The fourth-order valence-corrected chi connectivity index (χ4v) is 1.09. The lowest BCUT2D eigenvalue weighted by Crippen LogP contribution is -2.14. The first-order valence-corrected chi connectivity index (χ1v) is 4.00. The molecule has 0 saturated heterocycles. The van der Waals surface area contributed by atoms with Gasteiger partial charge in [-0.15, -0.1) is 0 Å². The summed E-state index contributed by atoms with van der Waals surface area (Å²) in [6, 6.07) is 2.80. The molecule has 7 nitrogen and oxygen atoms in total. The minimum absolute atomic E-state index is 0.0738. The maximum absolute atomic E-state index is 11.1. The molecule has 0 unspecified atom stereocenters. The maximum Gasteiger partial charge on any atom is 0.354 e. The van der Waals surface area contributed by atoms with Gasteiger partial charge in [0.1, 0.15) is 12.0 Å². The number of aromatic nitrogens is 4. The molecule has 2 N–H and O–H groups in total. The van der Waals surface area contributed by atoms with Gasteiger partial charge in [-0.25, -0.2) is 24.2 Å². The molecule has 0 spiro atoms. The number of nitrogens with one attached hydrogen (secondary N) is 1. The molecule has 2 aromatic rings. The molecule has 76 valence electrons. The van der Waals surface area contributed by atoms with Gasteiger partial charge in [0.15, 0.2) is 0 Å². The second-order valence-electron chi connectivity index (χ2n) is 2.74. The van der Waals surface area contributed by atoms with Crippen LogP contribution in [-0.2, 0) is 0 Å². The van der Waals surface area contributed by atoms with Crippen LogP contribution in [0.1, 0.15) is 10.5 Å². The van der Waals surface area contributed by atoms with Crippen molar-refractivity contribution in [1.29, 1.82) is 0 Å². The van der Waals surface area contributed by atoms with Gasteiger partial charge in [-0.3, -0.25) is 0 Å². The molecule has 0 atom stereocenters. The topological polar surface area (TPSA) is 101 Å². The van der Waals surface area contributed by atoms with E-state index in [0.29, 0.717) is 5.69 Å². The summed E-state index contributed by atoms with van der Waals surface area (Å²) < 4.78 is 1.22. The third-order valence-corrected chi connectivity index (χ3v) is 1.80. The van der Waals surface area contributed by atoms with E-state index in [2.05, 4.69) is 15.2 Å². The molecule has 0 aliphatic carbocycles. The first-order chi connectivity index (χ1) is 7.18. The van der Waals surface area contributed by atoms with Gasteiger partial charge >= 0.3 is 11.7 Å². The third kappa shape index (κ3) is 1.62. The third-order valence-electron chi connectivity index (χ3n) is 1.80. The summed E-state index contributed by atoms with van der Waals surface area (Å²) in [4.78, 5) is 25.3. The molecular weight excluding hydrogens is 200 g/mol. The van der Waals surface area contributed by atoms with Gasteiger partial charge in [0, 0.05) is 0 Å². The Morgan fingerprint density at radius 3 is 2.73 bits per heavy atom. The van der Waals surface area contributed by atoms with Crippen molar-refractivity contribution in [2.45, 2.75) is 0 Å². The van der Waals surface area contributed by atoms with E-state index < -0.39 is 11.7 Å². The summed E-state index contributed by atoms with van der Waals surface area (Å²) in [5.74, 6) is -1.11. The standard InChI is InChI=1S/C8H6N4O3/c13-7(14)6-2-1-5(3-9-6)12-4-10-11-8(12)15/h1-4H,(H,11,15)(H,13,14). The van der Waals surface area contributed by atoms with E-state index >= 15 is 0 Å². The molecule has 2 heterocycles. The molecule has 2 rings (SSSR count). The van der Waals surface area contributed by atoms with E-state index in [1.54, 1.807) is 0 Å². The molecule has 0 amide bonds. The molecule has 7 heteroatoms. The van der Waals surface area contributed by atoms with Crippen LogP contribution in [0.2, 0.25) is 0 Å². The molecule has 0 saturated carbocycles. The highest BCUT2D eigenvalue weighted by atomic mass is 16.4. The number of rotatable bonds is 2. The summed E-state index contributed by atoms with van der Waals surface area (Å²) in [6.45, 7) is 0. The first kappa shape index (κ1) is 9.13. The Hall–Kier alpha value is -2.44. The number of aromatic amines is 1. The number of carboxylic acid groups (broad SMARTS) is 1. The predicted molar refractivity (Wildman–Crippen MR) is 48.9 cm³/mol. The first-order valence-electron chi connectivity index (χ1n) is 4.00. The lowest BCUT2D eigenvalue weighted by Gasteiger charge is -1.98. The maximum atomic E-state index is 11.1. The molecule has 2 aromatic heterocycles.